The summed E-state index contributed by atoms with van der Waals surface area (Å²) in [5.41, 5.74) is 1.15. The molecule has 0 N–H and O–H groups in total. The Kier molecular flexibility index (Phi) is 4.93. The first-order chi connectivity index (χ1) is 9.24. The molecule has 2 aromatic carbocycles. The lowest BCUT2D eigenvalue weighted by molar-refractivity contribution is 0.338. The number of aryl methyl sites for hydroxylation is 1. The molecule has 3 nitrogen and oxygen atoms in total. The zero-order valence-corrected chi connectivity index (χ0v) is 11.7. The molecule has 0 heterocycles. The van der Waals surface area contributed by atoms with Gasteiger partial charge in [-0.1, -0.05) is 35.9 Å². The van der Waals surface area contributed by atoms with Crippen LogP contribution in [0.25, 0.3) is 0 Å². The Morgan fingerprint density at radius 3 is 2.32 bits per heavy atom. The third-order valence-corrected chi connectivity index (χ3v) is 3.48. The Morgan fingerprint density at radius 2 is 1.63 bits per heavy atom. The van der Waals surface area contributed by atoms with Crippen LogP contribution < -0.4 is 9.26 Å². The molecule has 98 valence electrons. The number of para-hydroxylation sites is 1. The minimum atomic E-state index is -1.74. The lowest BCUT2D eigenvalue weighted by Gasteiger charge is -2.01. The number of ether oxygens (including phenoxy) is 1. The van der Waals surface area contributed by atoms with Crippen LogP contribution in [0.15, 0.2) is 54.6 Å². The van der Waals surface area contributed by atoms with Crippen molar-refractivity contribution >= 4 is 8.03 Å². The lowest BCUT2D eigenvalue weighted by atomic mass is 10.2. The van der Waals surface area contributed by atoms with E-state index in [1.165, 1.54) is 0 Å². The van der Waals surface area contributed by atoms with Gasteiger partial charge < -0.3 is 4.74 Å². The molecule has 0 fully saturated rings. The van der Waals surface area contributed by atoms with Gasteiger partial charge in [0.15, 0.2) is 5.75 Å². The molecule has 1 unspecified atom stereocenters. The first-order valence-electron chi connectivity index (χ1n) is 6.11. The lowest BCUT2D eigenvalue weighted by Crippen LogP contribution is -2.01. The third kappa shape index (κ3) is 4.72. The van der Waals surface area contributed by atoms with E-state index in [9.17, 15) is 4.57 Å². The molecular formula is C15H16O3P+. The maximum atomic E-state index is 11.7. The maximum absolute atomic E-state index is 11.7. The van der Waals surface area contributed by atoms with E-state index in [1.807, 2.05) is 61.5 Å². The van der Waals surface area contributed by atoms with E-state index in [0.717, 1.165) is 11.3 Å². The molecule has 0 saturated carbocycles. The molecule has 2 aromatic rings. The van der Waals surface area contributed by atoms with Crippen LogP contribution >= 0.6 is 8.03 Å². The summed E-state index contributed by atoms with van der Waals surface area (Å²) in [7, 11) is -1.74. The summed E-state index contributed by atoms with van der Waals surface area (Å²) in [4.78, 5) is 0. The summed E-state index contributed by atoms with van der Waals surface area (Å²) in [5.74, 6) is 1.41. The smallest absolute Gasteiger partial charge is 0.489 e. The van der Waals surface area contributed by atoms with Gasteiger partial charge in [-0.2, -0.15) is 0 Å². The standard InChI is InChI=1S/C15H16O3P/c1-13-7-9-15(10-8-13)18-19(16)12-11-17-14-5-3-2-4-6-14/h2-10H,11-12H2,1H3/q+1. The highest BCUT2D eigenvalue weighted by Crippen LogP contribution is 2.26. The molecule has 0 amide bonds. The van der Waals surface area contributed by atoms with E-state index in [-0.39, 0.29) is 0 Å². The van der Waals surface area contributed by atoms with Gasteiger partial charge in [-0.3, -0.25) is 4.52 Å². The van der Waals surface area contributed by atoms with Crippen LogP contribution in [0.4, 0.5) is 0 Å². The Morgan fingerprint density at radius 1 is 0.947 bits per heavy atom. The highest BCUT2D eigenvalue weighted by Gasteiger charge is 2.18. The minimum Gasteiger partial charge on any atom is -0.489 e. The number of hydrogen-bond acceptors (Lipinski definition) is 3. The van der Waals surface area contributed by atoms with Crippen LogP contribution in [0.2, 0.25) is 0 Å². The highest BCUT2D eigenvalue weighted by atomic mass is 31.1. The molecule has 0 aliphatic heterocycles. The Bertz CT molecular complexity index is 523. The van der Waals surface area contributed by atoms with Crippen molar-refractivity contribution in [2.75, 3.05) is 12.8 Å². The van der Waals surface area contributed by atoms with E-state index in [0.29, 0.717) is 18.5 Å². The van der Waals surface area contributed by atoms with Crippen LogP contribution in [-0.2, 0) is 4.57 Å². The first kappa shape index (κ1) is 13.6. The Balaban J connectivity index is 1.74. The third-order valence-electron chi connectivity index (χ3n) is 2.51. The highest BCUT2D eigenvalue weighted by molar-refractivity contribution is 7.39. The molecule has 2 rings (SSSR count). The van der Waals surface area contributed by atoms with Crippen molar-refractivity contribution in [1.82, 2.24) is 0 Å². The Labute approximate surface area is 114 Å². The van der Waals surface area contributed by atoms with Gasteiger partial charge in [-0.25, -0.2) is 0 Å². The van der Waals surface area contributed by atoms with E-state index < -0.39 is 8.03 Å². The van der Waals surface area contributed by atoms with Crippen molar-refractivity contribution in [2.24, 2.45) is 0 Å². The molecule has 19 heavy (non-hydrogen) atoms. The molecule has 0 aromatic heterocycles. The average molecular weight is 275 g/mol. The van der Waals surface area contributed by atoms with Crippen LogP contribution in [-0.4, -0.2) is 12.8 Å². The normalized spacial score (nSPS) is 10.9. The predicted octanol–water partition coefficient (Wildman–Crippen LogP) is 4.20. The van der Waals surface area contributed by atoms with Crippen molar-refractivity contribution in [3.8, 4) is 11.5 Å². The number of hydrogen-bond donors (Lipinski definition) is 0. The van der Waals surface area contributed by atoms with E-state index >= 15 is 0 Å². The van der Waals surface area contributed by atoms with Crippen LogP contribution in [0, 0.1) is 6.92 Å². The van der Waals surface area contributed by atoms with Crippen molar-refractivity contribution in [3.05, 3.63) is 60.2 Å². The fourth-order valence-corrected chi connectivity index (χ4v) is 2.21. The zero-order chi connectivity index (χ0) is 13.5. The van der Waals surface area contributed by atoms with Gasteiger partial charge in [-0.15, -0.1) is 0 Å². The van der Waals surface area contributed by atoms with Gasteiger partial charge in [0, 0.05) is 0 Å². The molecule has 1 atom stereocenters. The van der Waals surface area contributed by atoms with Crippen LogP contribution in [0.3, 0.4) is 0 Å². The van der Waals surface area contributed by atoms with Gasteiger partial charge in [-0.05, 0) is 35.8 Å². The summed E-state index contributed by atoms with van der Waals surface area (Å²) in [6, 6.07) is 17.0. The zero-order valence-electron chi connectivity index (χ0n) is 10.8. The molecule has 0 bridgehead atoms. The predicted molar refractivity (Wildman–Crippen MR) is 76.2 cm³/mol. The molecule has 0 aliphatic rings. The van der Waals surface area contributed by atoms with E-state index in [2.05, 4.69) is 0 Å². The fourth-order valence-electron chi connectivity index (χ4n) is 1.52. The molecule has 0 aliphatic carbocycles. The number of rotatable bonds is 6. The first-order valence-corrected chi connectivity index (χ1v) is 7.47. The molecular weight excluding hydrogens is 259 g/mol. The van der Waals surface area contributed by atoms with Gasteiger partial charge in [0.2, 0.25) is 6.16 Å². The van der Waals surface area contributed by atoms with Gasteiger partial charge in [0.1, 0.15) is 12.4 Å². The van der Waals surface area contributed by atoms with Gasteiger partial charge >= 0.3 is 8.03 Å². The molecule has 0 spiro atoms. The maximum Gasteiger partial charge on any atom is 0.559 e. The van der Waals surface area contributed by atoms with Gasteiger partial charge in [0.25, 0.3) is 0 Å². The average Bonchev–Trinajstić information content (AvgIpc) is 2.43. The summed E-state index contributed by atoms with van der Waals surface area (Å²) >= 11 is 0. The SMILES string of the molecule is Cc1ccc(O[P+](=O)CCOc2ccccc2)cc1. The van der Waals surface area contributed by atoms with Crippen molar-refractivity contribution < 1.29 is 13.8 Å². The summed E-state index contributed by atoms with van der Waals surface area (Å²) in [6.45, 7) is 2.38. The molecule has 0 saturated heterocycles. The summed E-state index contributed by atoms with van der Waals surface area (Å²) in [5, 5.41) is 0. The topological polar surface area (TPSA) is 35.5 Å². The van der Waals surface area contributed by atoms with Crippen molar-refractivity contribution in [1.29, 1.82) is 0 Å². The van der Waals surface area contributed by atoms with Gasteiger partial charge in [0.05, 0.1) is 0 Å². The quantitative estimate of drug-likeness (QED) is 0.741. The van der Waals surface area contributed by atoms with Crippen LogP contribution in [0.5, 0.6) is 11.5 Å². The number of benzene rings is 2. The summed E-state index contributed by atoms with van der Waals surface area (Å²) < 4.78 is 22.5. The van der Waals surface area contributed by atoms with Crippen LogP contribution in [0.1, 0.15) is 5.56 Å². The largest absolute Gasteiger partial charge is 0.559 e. The second-order valence-electron chi connectivity index (χ2n) is 4.12. The second kappa shape index (κ2) is 6.91. The molecule has 4 heteroatoms. The second-order valence-corrected chi connectivity index (χ2v) is 5.42. The molecule has 0 radical (unpaired) electrons. The monoisotopic (exact) mass is 275 g/mol. The Hall–Kier alpha value is -1.86. The van der Waals surface area contributed by atoms with Crippen molar-refractivity contribution in [2.45, 2.75) is 6.92 Å². The summed E-state index contributed by atoms with van der Waals surface area (Å²) in [6.07, 6.45) is 0.373. The fraction of sp³-hybridized carbons (Fsp3) is 0.200. The van der Waals surface area contributed by atoms with E-state index in [4.69, 9.17) is 9.26 Å². The van der Waals surface area contributed by atoms with Crippen molar-refractivity contribution in [3.63, 3.8) is 0 Å². The van der Waals surface area contributed by atoms with E-state index in [1.54, 1.807) is 0 Å². The minimum absolute atomic E-state index is 0.373.